The van der Waals surface area contributed by atoms with Crippen molar-refractivity contribution < 1.29 is 0 Å². The number of nitrogen functional groups attached to an aromatic ring is 1. The van der Waals surface area contributed by atoms with Crippen molar-refractivity contribution in [2.45, 2.75) is 6.92 Å². The van der Waals surface area contributed by atoms with Crippen LogP contribution in [0.5, 0.6) is 0 Å². The van der Waals surface area contributed by atoms with E-state index in [1.807, 2.05) is 42.5 Å². The van der Waals surface area contributed by atoms with Gasteiger partial charge in [-0.05, 0) is 66.2 Å². The molecule has 4 rings (SSSR count). The van der Waals surface area contributed by atoms with Crippen LogP contribution in [0.2, 0.25) is 0 Å². The molecule has 4 nitrogen and oxygen atoms in total. The second kappa shape index (κ2) is 9.88. The highest BCUT2D eigenvalue weighted by atomic mass is 15.1. The molecule has 0 heterocycles. The Balaban J connectivity index is 0.000000162. The molecule has 140 valence electrons. The first-order valence-electron chi connectivity index (χ1n) is 9.29. The Morgan fingerprint density at radius 3 is 1.96 bits per heavy atom. The minimum atomic E-state index is 0.730. The molecule has 4 heteroatoms. The number of fused-ring (bicyclic) bond motifs is 1. The van der Waals surface area contributed by atoms with Gasteiger partial charge in [-0.1, -0.05) is 48.5 Å². The number of anilines is 2. The van der Waals surface area contributed by atoms with E-state index in [2.05, 4.69) is 64.9 Å². The molecule has 0 aliphatic rings. The van der Waals surface area contributed by atoms with Gasteiger partial charge < -0.3 is 11.1 Å². The third kappa shape index (κ3) is 5.68. The largest absolute Gasteiger partial charge is 0.399 e. The van der Waals surface area contributed by atoms with Crippen LogP contribution in [-0.2, 0) is 0 Å². The highest BCUT2D eigenvalue weighted by Gasteiger charge is 1.93. The van der Waals surface area contributed by atoms with E-state index in [1.54, 1.807) is 12.1 Å². The van der Waals surface area contributed by atoms with Crippen molar-refractivity contribution >= 4 is 33.5 Å². The minimum Gasteiger partial charge on any atom is -0.399 e. The van der Waals surface area contributed by atoms with Gasteiger partial charge in [-0.15, -0.1) is 0 Å². The first-order chi connectivity index (χ1) is 13.7. The van der Waals surface area contributed by atoms with Crippen molar-refractivity contribution in [2.75, 3.05) is 17.6 Å². The van der Waals surface area contributed by atoms with Crippen LogP contribution >= 0.6 is 0 Å². The third-order valence-corrected chi connectivity index (χ3v) is 4.06. The number of azo groups is 1. The van der Waals surface area contributed by atoms with Gasteiger partial charge in [0.15, 0.2) is 0 Å². The lowest BCUT2D eigenvalue weighted by Crippen LogP contribution is -1.95. The van der Waals surface area contributed by atoms with Crippen molar-refractivity contribution in [1.82, 2.24) is 0 Å². The van der Waals surface area contributed by atoms with Crippen LogP contribution < -0.4 is 11.1 Å². The fourth-order valence-electron chi connectivity index (χ4n) is 2.65. The number of nitrogens with zero attached hydrogens (tertiary/aromatic N) is 2. The van der Waals surface area contributed by atoms with E-state index < -0.39 is 0 Å². The molecule has 0 aliphatic carbocycles. The predicted octanol–water partition coefficient (Wildman–Crippen LogP) is 6.96. The monoisotopic (exact) mass is 368 g/mol. The van der Waals surface area contributed by atoms with E-state index in [0.717, 1.165) is 23.6 Å². The van der Waals surface area contributed by atoms with E-state index in [4.69, 9.17) is 5.73 Å². The number of hydrogen-bond donors (Lipinski definition) is 2. The lowest BCUT2D eigenvalue weighted by atomic mass is 10.1. The molecule has 0 unspecified atom stereocenters. The van der Waals surface area contributed by atoms with Crippen LogP contribution in [0.25, 0.3) is 10.8 Å². The maximum absolute atomic E-state index is 5.56. The minimum absolute atomic E-state index is 0.730. The molecule has 0 amide bonds. The van der Waals surface area contributed by atoms with Gasteiger partial charge in [0.1, 0.15) is 0 Å². The van der Waals surface area contributed by atoms with Gasteiger partial charge in [0.25, 0.3) is 0 Å². The van der Waals surface area contributed by atoms with Crippen molar-refractivity contribution in [3.05, 3.63) is 97.1 Å². The molecular weight excluding hydrogens is 344 g/mol. The zero-order valence-electron chi connectivity index (χ0n) is 15.9. The molecule has 0 bridgehead atoms. The van der Waals surface area contributed by atoms with Crippen LogP contribution in [0.1, 0.15) is 6.92 Å². The Morgan fingerprint density at radius 1 is 0.679 bits per heavy atom. The lowest BCUT2D eigenvalue weighted by Gasteiger charge is -2.04. The smallest absolute Gasteiger partial charge is 0.0858 e. The summed E-state index contributed by atoms with van der Waals surface area (Å²) in [4.78, 5) is 0. The summed E-state index contributed by atoms with van der Waals surface area (Å²) in [6.07, 6.45) is 0. The average molecular weight is 368 g/mol. The van der Waals surface area contributed by atoms with Crippen molar-refractivity contribution in [3.8, 4) is 0 Å². The topological polar surface area (TPSA) is 62.8 Å². The summed E-state index contributed by atoms with van der Waals surface area (Å²) in [6.45, 7) is 3.08. The first-order valence-corrected chi connectivity index (χ1v) is 9.29. The van der Waals surface area contributed by atoms with Crippen molar-refractivity contribution in [2.24, 2.45) is 10.2 Å². The maximum Gasteiger partial charge on any atom is 0.0858 e. The summed E-state index contributed by atoms with van der Waals surface area (Å²) in [5.74, 6) is 0. The van der Waals surface area contributed by atoms with Crippen molar-refractivity contribution in [1.29, 1.82) is 0 Å². The quantitative estimate of drug-likeness (QED) is 0.302. The number of hydrogen-bond acceptors (Lipinski definition) is 4. The molecule has 0 aliphatic heterocycles. The summed E-state index contributed by atoms with van der Waals surface area (Å²) in [5, 5.41) is 14.1. The molecule has 0 spiro atoms. The summed E-state index contributed by atoms with van der Waals surface area (Å²) < 4.78 is 0. The Bertz CT molecular complexity index is 1030. The molecule has 4 aromatic rings. The Hall–Kier alpha value is -3.66. The zero-order valence-corrected chi connectivity index (χ0v) is 15.9. The molecule has 0 fully saturated rings. The highest BCUT2D eigenvalue weighted by molar-refractivity contribution is 5.85. The molecule has 0 atom stereocenters. The fraction of sp³-hybridized carbons (Fsp3) is 0.0833. The number of rotatable bonds is 4. The molecule has 0 aromatic heterocycles. The predicted molar refractivity (Wildman–Crippen MR) is 120 cm³/mol. The Morgan fingerprint density at radius 2 is 1.29 bits per heavy atom. The number of nitrogens with one attached hydrogen (secondary N) is 1. The molecule has 0 saturated heterocycles. The lowest BCUT2D eigenvalue weighted by molar-refractivity contribution is 1.21. The SMILES string of the molecule is CCNc1ccc2ccccc2c1.Nc1ccc(N=Nc2ccccc2)cc1. The van der Waals surface area contributed by atoms with Crippen LogP contribution in [0.15, 0.2) is 107 Å². The van der Waals surface area contributed by atoms with Crippen LogP contribution in [0, 0.1) is 0 Å². The second-order valence-electron chi connectivity index (χ2n) is 6.22. The molecule has 28 heavy (non-hydrogen) atoms. The Kier molecular flexibility index (Phi) is 6.74. The molecule has 3 N–H and O–H groups in total. The summed E-state index contributed by atoms with van der Waals surface area (Å²) in [5.41, 5.74) is 9.13. The maximum atomic E-state index is 5.56. The number of nitrogens with two attached hydrogens (primary N) is 1. The highest BCUT2D eigenvalue weighted by Crippen LogP contribution is 2.19. The van der Waals surface area contributed by atoms with Gasteiger partial charge >= 0.3 is 0 Å². The second-order valence-corrected chi connectivity index (χ2v) is 6.22. The Labute approximate surface area is 165 Å². The van der Waals surface area contributed by atoms with Gasteiger partial charge in [0.2, 0.25) is 0 Å². The van der Waals surface area contributed by atoms with E-state index >= 15 is 0 Å². The van der Waals surface area contributed by atoms with E-state index in [1.165, 1.54) is 16.5 Å². The standard InChI is InChI=1S/C12H11N3.C12H13N/c13-10-6-8-12(9-7-10)15-14-11-4-2-1-3-5-11;1-2-13-12-8-7-10-5-3-4-6-11(10)9-12/h1-9H,13H2;3-9,13H,2H2,1H3. The summed E-state index contributed by atoms with van der Waals surface area (Å²) >= 11 is 0. The van der Waals surface area contributed by atoms with Crippen LogP contribution in [0.4, 0.5) is 22.7 Å². The van der Waals surface area contributed by atoms with Gasteiger partial charge in [-0.2, -0.15) is 10.2 Å². The van der Waals surface area contributed by atoms with Crippen LogP contribution in [-0.4, -0.2) is 6.54 Å². The normalized spacial score (nSPS) is 10.5. The molecular formula is C24H24N4. The van der Waals surface area contributed by atoms with Gasteiger partial charge in [0, 0.05) is 17.9 Å². The zero-order chi connectivity index (χ0) is 19.6. The van der Waals surface area contributed by atoms with Crippen molar-refractivity contribution in [3.63, 3.8) is 0 Å². The van der Waals surface area contributed by atoms with Gasteiger partial charge in [-0.25, -0.2) is 0 Å². The summed E-state index contributed by atoms with van der Waals surface area (Å²) in [7, 11) is 0. The van der Waals surface area contributed by atoms with E-state index in [0.29, 0.717) is 0 Å². The fourth-order valence-corrected chi connectivity index (χ4v) is 2.65. The number of benzene rings is 4. The molecule has 0 radical (unpaired) electrons. The van der Waals surface area contributed by atoms with Gasteiger partial charge in [0.05, 0.1) is 11.4 Å². The van der Waals surface area contributed by atoms with Crippen LogP contribution in [0.3, 0.4) is 0 Å². The van der Waals surface area contributed by atoms with E-state index in [-0.39, 0.29) is 0 Å². The van der Waals surface area contributed by atoms with E-state index in [9.17, 15) is 0 Å². The molecule has 0 saturated carbocycles. The molecule has 4 aromatic carbocycles. The average Bonchev–Trinajstić information content (AvgIpc) is 2.75. The van der Waals surface area contributed by atoms with Gasteiger partial charge in [-0.3, -0.25) is 0 Å². The first kappa shape index (κ1) is 19.1. The third-order valence-electron chi connectivity index (χ3n) is 4.06. The summed E-state index contributed by atoms with van der Waals surface area (Å²) in [6, 6.07) is 31.7.